The minimum atomic E-state index is 0.253. The van der Waals surface area contributed by atoms with Crippen molar-refractivity contribution in [1.29, 1.82) is 0 Å². The minimum Gasteiger partial charge on any atom is -0.507 e. The van der Waals surface area contributed by atoms with Crippen molar-refractivity contribution in [2.45, 2.75) is 6.61 Å². The third-order valence-corrected chi connectivity index (χ3v) is 7.17. The van der Waals surface area contributed by atoms with Gasteiger partial charge in [-0.05, 0) is 29.8 Å². The number of phenols is 1. The molecule has 7 rings (SSSR count). The maximum absolute atomic E-state index is 10.4. The van der Waals surface area contributed by atoms with Gasteiger partial charge in [-0.1, -0.05) is 91.0 Å². The van der Waals surface area contributed by atoms with E-state index < -0.39 is 0 Å². The zero-order valence-corrected chi connectivity index (χ0v) is 25.9. The first kappa shape index (κ1) is 32.2. The molecule has 0 radical (unpaired) electrons. The van der Waals surface area contributed by atoms with Crippen molar-refractivity contribution in [1.82, 2.24) is 19.9 Å². The number of hydrogen-bond acceptors (Lipinski definition) is 7. The number of hydrogen-bond donors (Lipinski definition) is 2. The highest BCUT2D eigenvalue weighted by Gasteiger charge is 2.14. The zero-order valence-electron chi connectivity index (χ0n) is 25.9. The lowest BCUT2D eigenvalue weighted by Gasteiger charge is -2.16. The Morgan fingerprint density at radius 3 is 1.21 bits per heavy atom. The number of benzene rings is 3. The van der Waals surface area contributed by atoms with Gasteiger partial charge in [0.05, 0.1) is 0 Å². The van der Waals surface area contributed by atoms with E-state index in [0.29, 0.717) is 6.61 Å². The number of ether oxygens (including phenoxy) is 1. The van der Waals surface area contributed by atoms with Gasteiger partial charge in [0.15, 0.2) is 0 Å². The van der Waals surface area contributed by atoms with Crippen LogP contribution in [0.25, 0.3) is 44.5 Å². The van der Waals surface area contributed by atoms with Gasteiger partial charge in [-0.25, -0.2) is 0 Å². The Hall–Kier alpha value is -6.18. The lowest BCUT2D eigenvalue weighted by Crippen LogP contribution is -1.99. The Bertz CT molecular complexity index is 1830. The number of aliphatic hydroxyl groups excluding tert-OH is 1. The molecule has 7 heteroatoms. The summed E-state index contributed by atoms with van der Waals surface area (Å²) in [5.41, 5.74) is 8.57. The van der Waals surface area contributed by atoms with Gasteiger partial charge >= 0.3 is 0 Å². The van der Waals surface area contributed by atoms with Crippen molar-refractivity contribution in [2.75, 3.05) is 7.11 Å². The van der Waals surface area contributed by atoms with Crippen LogP contribution in [-0.4, -0.2) is 37.3 Å². The number of para-hydroxylation sites is 2. The Morgan fingerprint density at radius 1 is 0.447 bits per heavy atom. The second kappa shape index (κ2) is 16.8. The molecule has 7 aromatic rings. The molecule has 0 aliphatic carbocycles. The van der Waals surface area contributed by atoms with E-state index in [9.17, 15) is 5.11 Å². The van der Waals surface area contributed by atoms with Gasteiger partial charge in [0, 0.05) is 101 Å². The molecule has 4 aromatic heterocycles. The molecule has 0 spiro atoms. The summed E-state index contributed by atoms with van der Waals surface area (Å²) in [6.07, 6.45) is 14.2. The maximum Gasteiger partial charge on any atom is 0.135 e. The van der Waals surface area contributed by atoms with Gasteiger partial charge in [-0.3, -0.25) is 19.9 Å². The standard InChI is InChI=1S/C23H18N2O.C16H12N2O.CH4O/c1-2-7-18(8-3-1)17-26-23-21(19-9-5-13-24-15-19)11-4-12-22(23)20-10-6-14-25-16-20;19-16-14(12-4-2-8-17-10-12)6-1-7-15(16)13-5-3-9-18-11-13;1-2/h1-16H,17H2;1-11,19H;2H,1H3. The summed E-state index contributed by atoms with van der Waals surface area (Å²) in [5.74, 6) is 1.10. The van der Waals surface area contributed by atoms with Gasteiger partial charge < -0.3 is 14.9 Å². The molecule has 4 heterocycles. The van der Waals surface area contributed by atoms with Crippen molar-refractivity contribution >= 4 is 0 Å². The number of nitrogens with zero attached hydrogens (tertiary/aromatic N) is 4. The molecule has 0 saturated heterocycles. The zero-order chi connectivity index (χ0) is 32.7. The summed E-state index contributed by atoms with van der Waals surface area (Å²) < 4.78 is 6.31. The van der Waals surface area contributed by atoms with E-state index in [2.05, 4.69) is 44.2 Å². The topological polar surface area (TPSA) is 101 Å². The fraction of sp³-hybridized carbons (Fsp3) is 0.0500. The van der Waals surface area contributed by atoms with Crippen LogP contribution in [0.5, 0.6) is 11.5 Å². The van der Waals surface area contributed by atoms with Gasteiger partial charge in [0.2, 0.25) is 0 Å². The van der Waals surface area contributed by atoms with Crippen LogP contribution in [0.4, 0.5) is 0 Å². The molecule has 0 amide bonds. The fourth-order valence-electron chi connectivity index (χ4n) is 4.97. The van der Waals surface area contributed by atoms with Crippen molar-refractivity contribution in [3.05, 3.63) is 170 Å². The molecular weight excluding hydrogens is 584 g/mol. The average Bonchev–Trinajstić information content (AvgIpc) is 3.17. The van der Waals surface area contributed by atoms with Crippen LogP contribution in [0.2, 0.25) is 0 Å². The van der Waals surface area contributed by atoms with Crippen molar-refractivity contribution in [3.8, 4) is 56.0 Å². The minimum absolute atomic E-state index is 0.253. The van der Waals surface area contributed by atoms with E-state index in [1.165, 1.54) is 0 Å². The summed E-state index contributed by atoms with van der Waals surface area (Å²) in [4.78, 5) is 16.7. The molecule has 0 unspecified atom stereocenters. The molecule has 0 saturated carbocycles. The van der Waals surface area contributed by atoms with E-state index >= 15 is 0 Å². The Balaban J connectivity index is 0.000000183. The first-order chi connectivity index (χ1) is 23.3. The second-order valence-corrected chi connectivity index (χ2v) is 10.1. The molecule has 0 aliphatic rings. The average molecular weight is 619 g/mol. The quantitative estimate of drug-likeness (QED) is 0.185. The number of aromatic hydroxyl groups is 1. The number of pyridine rings is 4. The van der Waals surface area contributed by atoms with E-state index in [0.717, 1.165) is 62.9 Å². The number of aliphatic hydroxyl groups is 1. The predicted octanol–water partition coefficient (Wildman–Crippen LogP) is 8.51. The summed E-state index contributed by atoms with van der Waals surface area (Å²) in [6, 6.07) is 37.6. The first-order valence-electron chi connectivity index (χ1n) is 15.0. The lowest BCUT2D eigenvalue weighted by molar-refractivity contribution is 0.309. The molecule has 0 fully saturated rings. The van der Waals surface area contributed by atoms with E-state index in [-0.39, 0.29) is 5.75 Å². The van der Waals surface area contributed by atoms with E-state index in [1.54, 1.807) is 37.2 Å². The maximum atomic E-state index is 10.4. The van der Waals surface area contributed by atoms with Gasteiger partial charge in [0.25, 0.3) is 0 Å². The molecule has 0 atom stereocenters. The summed E-state index contributed by atoms with van der Waals surface area (Å²) >= 11 is 0. The molecule has 0 bridgehead atoms. The summed E-state index contributed by atoms with van der Waals surface area (Å²) in [7, 11) is 1.00. The third kappa shape index (κ3) is 8.30. The lowest BCUT2D eigenvalue weighted by atomic mass is 9.99. The smallest absolute Gasteiger partial charge is 0.135 e. The van der Waals surface area contributed by atoms with Crippen LogP contribution in [-0.2, 0) is 6.61 Å². The molecule has 3 aromatic carbocycles. The Labute approximate surface area is 274 Å². The Kier molecular flexibility index (Phi) is 11.5. The third-order valence-electron chi connectivity index (χ3n) is 7.17. The molecule has 47 heavy (non-hydrogen) atoms. The number of aromatic nitrogens is 4. The first-order valence-corrected chi connectivity index (χ1v) is 15.0. The highest BCUT2D eigenvalue weighted by molar-refractivity contribution is 5.82. The molecule has 7 nitrogen and oxygen atoms in total. The van der Waals surface area contributed by atoms with Gasteiger partial charge in [-0.15, -0.1) is 0 Å². The summed E-state index contributed by atoms with van der Waals surface area (Å²) in [6.45, 7) is 0.505. The second-order valence-electron chi connectivity index (χ2n) is 10.1. The molecule has 0 aliphatic heterocycles. The highest BCUT2D eigenvalue weighted by Crippen LogP contribution is 2.39. The van der Waals surface area contributed by atoms with E-state index in [4.69, 9.17) is 9.84 Å². The monoisotopic (exact) mass is 618 g/mol. The normalized spacial score (nSPS) is 10.1. The van der Waals surface area contributed by atoms with Crippen LogP contribution >= 0.6 is 0 Å². The van der Waals surface area contributed by atoms with Crippen molar-refractivity contribution in [2.24, 2.45) is 0 Å². The van der Waals surface area contributed by atoms with E-state index in [1.807, 2.05) is 103 Å². The van der Waals surface area contributed by atoms with Crippen molar-refractivity contribution in [3.63, 3.8) is 0 Å². The van der Waals surface area contributed by atoms with Crippen LogP contribution < -0.4 is 4.74 Å². The largest absolute Gasteiger partial charge is 0.507 e. The van der Waals surface area contributed by atoms with Crippen molar-refractivity contribution < 1.29 is 14.9 Å². The molecule has 232 valence electrons. The summed E-state index contributed by atoms with van der Waals surface area (Å²) in [5, 5.41) is 17.4. The van der Waals surface area contributed by atoms with Crippen LogP contribution in [0.3, 0.4) is 0 Å². The SMILES string of the molecule is CO.Oc1c(-c2cccnc2)cccc1-c1cccnc1.c1ccc(COc2c(-c3cccnc3)cccc2-c2cccnc2)cc1. The van der Waals surface area contributed by atoms with Crippen LogP contribution in [0.15, 0.2) is 165 Å². The number of rotatable bonds is 7. The van der Waals surface area contributed by atoms with Crippen LogP contribution in [0, 0.1) is 0 Å². The van der Waals surface area contributed by atoms with Gasteiger partial charge in [0.1, 0.15) is 18.1 Å². The Morgan fingerprint density at radius 2 is 0.830 bits per heavy atom. The van der Waals surface area contributed by atoms with Crippen LogP contribution in [0.1, 0.15) is 5.56 Å². The number of phenolic OH excluding ortho intramolecular Hbond substituents is 1. The molecular formula is C40H34N4O3. The molecule has 2 N–H and O–H groups in total. The predicted molar refractivity (Wildman–Crippen MR) is 186 cm³/mol. The fourth-order valence-corrected chi connectivity index (χ4v) is 4.97. The highest BCUT2D eigenvalue weighted by atomic mass is 16.5. The van der Waals surface area contributed by atoms with Gasteiger partial charge in [-0.2, -0.15) is 0 Å².